The normalized spacial score (nSPS) is 25.5. The second kappa shape index (κ2) is 14.4. The number of ether oxygens (including phenoxy) is 3. The van der Waals surface area contributed by atoms with Gasteiger partial charge in [0.15, 0.2) is 11.5 Å². The first-order chi connectivity index (χ1) is 27.0. The van der Waals surface area contributed by atoms with E-state index in [2.05, 4.69) is 5.43 Å². The highest BCUT2D eigenvalue weighted by molar-refractivity contribution is 6.36. The van der Waals surface area contributed by atoms with Crippen LogP contribution in [0.3, 0.4) is 0 Å². The lowest BCUT2D eigenvalue weighted by atomic mass is 9.50. The van der Waals surface area contributed by atoms with E-state index < -0.39 is 46.8 Å². The summed E-state index contributed by atoms with van der Waals surface area (Å²) in [6.07, 6.45) is 6.01. The van der Waals surface area contributed by atoms with Crippen LogP contribution in [0.25, 0.3) is 6.08 Å². The van der Waals surface area contributed by atoms with Gasteiger partial charge in [0.05, 0.1) is 60.9 Å². The molecule has 0 bridgehead atoms. The predicted molar refractivity (Wildman–Crippen MR) is 211 cm³/mol. The Balaban J connectivity index is 1.32. The predicted octanol–water partition coefficient (Wildman–Crippen LogP) is 7.46. The number of amides is 4. The number of para-hydroxylation sites is 1. The van der Waals surface area contributed by atoms with Crippen LogP contribution in [-0.2, 0) is 24.6 Å². The number of rotatable bonds is 9. The zero-order valence-electron chi connectivity index (χ0n) is 30.6. The van der Waals surface area contributed by atoms with E-state index in [4.69, 9.17) is 37.4 Å². The lowest BCUT2D eigenvalue weighted by molar-refractivity contribution is -0.139. The van der Waals surface area contributed by atoms with E-state index in [0.717, 1.165) is 10.6 Å². The number of hydrazine groups is 1. The first-order valence-electron chi connectivity index (χ1n) is 18.0. The van der Waals surface area contributed by atoms with Crippen molar-refractivity contribution >= 4 is 64.3 Å². The molecule has 6 atom stereocenters. The van der Waals surface area contributed by atoms with Crippen molar-refractivity contribution in [3.05, 3.63) is 124 Å². The number of hydrogen-bond acceptors (Lipinski definition) is 9. The molecule has 0 spiro atoms. The Kier molecular flexibility index (Phi) is 9.54. The molecule has 13 heteroatoms. The van der Waals surface area contributed by atoms with Crippen molar-refractivity contribution in [1.82, 2.24) is 5.01 Å². The number of fused-ring (bicyclic) bond motifs is 4. The number of carbonyl (C=O) groups excluding carboxylic acids is 4. The largest absolute Gasteiger partial charge is 0.502 e. The topological polar surface area (TPSA) is 135 Å². The number of carbonyl (C=O) groups is 4. The fourth-order valence-electron chi connectivity index (χ4n) is 9.14. The van der Waals surface area contributed by atoms with Gasteiger partial charge in [-0.05, 0) is 84.5 Å². The monoisotopic (exact) mass is 793 g/mol. The Labute approximate surface area is 333 Å². The van der Waals surface area contributed by atoms with Gasteiger partial charge in [-0.3, -0.25) is 29.5 Å². The fraction of sp³-hybridized carbons (Fsp3) is 0.256. The van der Waals surface area contributed by atoms with Crippen LogP contribution in [0.2, 0.25) is 10.0 Å². The molecule has 6 unspecified atom stereocenters. The number of phenolic OH excluding ortho intramolecular Hbond substituents is 1. The maximum absolute atomic E-state index is 15.4. The third kappa shape index (κ3) is 5.71. The second-order valence-corrected chi connectivity index (χ2v) is 15.1. The summed E-state index contributed by atoms with van der Waals surface area (Å²) in [7, 11) is 4.40. The van der Waals surface area contributed by atoms with E-state index in [1.807, 2.05) is 18.2 Å². The fourth-order valence-corrected chi connectivity index (χ4v) is 9.59. The molecule has 2 aliphatic carbocycles. The number of anilines is 2. The van der Waals surface area contributed by atoms with Crippen LogP contribution in [-0.4, -0.2) is 55.1 Å². The third-order valence-corrected chi connectivity index (χ3v) is 12.2. The average Bonchev–Trinajstić information content (AvgIpc) is 3.59. The van der Waals surface area contributed by atoms with Gasteiger partial charge in [0.2, 0.25) is 17.6 Å². The summed E-state index contributed by atoms with van der Waals surface area (Å²) in [6, 6.07) is 23.9. The molecule has 2 N–H and O–H groups in total. The molecule has 286 valence electrons. The summed E-state index contributed by atoms with van der Waals surface area (Å²) >= 11 is 12.7. The minimum atomic E-state index is -1.53. The molecule has 4 aliphatic rings. The Morgan fingerprint density at radius 1 is 0.821 bits per heavy atom. The smallest absolute Gasteiger partial charge is 0.260 e. The molecule has 0 radical (unpaired) electrons. The highest BCUT2D eigenvalue weighted by Crippen LogP contribution is 2.62. The number of benzene rings is 4. The molecule has 0 aromatic heterocycles. The van der Waals surface area contributed by atoms with E-state index in [-0.39, 0.29) is 46.9 Å². The number of methoxy groups -OCH3 is 3. The molecule has 56 heavy (non-hydrogen) atoms. The van der Waals surface area contributed by atoms with Crippen LogP contribution in [0.5, 0.6) is 23.0 Å². The number of nitrogens with zero attached hydrogens (tertiary/aromatic N) is 2. The molecule has 4 amide bonds. The van der Waals surface area contributed by atoms with Crippen molar-refractivity contribution in [1.29, 1.82) is 0 Å². The van der Waals surface area contributed by atoms with Gasteiger partial charge in [-0.1, -0.05) is 77.3 Å². The Hall–Kier alpha value is -5.78. The van der Waals surface area contributed by atoms with Gasteiger partial charge in [-0.25, -0.2) is 0 Å². The lowest BCUT2D eigenvalue weighted by Crippen LogP contribution is -2.54. The summed E-state index contributed by atoms with van der Waals surface area (Å²) < 4.78 is 16.3. The number of imide groups is 2. The van der Waals surface area contributed by atoms with E-state index >= 15 is 4.79 Å². The van der Waals surface area contributed by atoms with Gasteiger partial charge in [0.1, 0.15) is 5.75 Å². The number of allylic oxidation sites excluding steroid dienone is 3. The zero-order chi connectivity index (χ0) is 39.5. The summed E-state index contributed by atoms with van der Waals surface area (Å²) in [4.78, 5) is 60.1. The summed E-state index contributed by atoms with van der Waals surface area (Å²) in [5.41, 5.74) is 4.16. The van der Waals surface area contributed by atoms with Crippen LogP contribution >= 0.6 is 23.2 Å². The minimum Gasteiger partial charge on any atom is -0.502 e. The van der Waals surface area contributed by atoms with Gasteiger partial charge in [-0.15, -0.1) is 0 Å². The van der Waals surface area contributed by atoms with Crippen LogP contribution in [0, 0.1) is 29.6 Å². The minimum absolute atomic E-state index is 0.114. The van der Waals surface area contributed by atoms with Crippen LogP contribution in [0.1, 0.15) is 24.0 Å². The number of hydrogen-bond donors (Lipinski definition) is 2. The quantitative estimate of drug-likeness (QED) is 0.131. The Morgan fingerprint density at radius 2 is 1.52 bits per heavy atom. The van der Waals surface area contributed by atoms with Gasteiger partial charge in [0.25, 0.3) is 11.8 Å². The molecule has 1 saturated carbocycles. The maximum atomic E-state index is 15.4. The van der Waals surface area contributed by atoms with Crippen molar-refractivity contribution in [3.63, 3.8) is 0 Å². The first kappa shape index (κ1) is 37.2. The SMILES string of the molecule is COc1ccc(C23C(=O)N(Nc4ccc(Cl)cc4Cl)C(=O)C2CC2C(=CCC4C(=O)N(c5ccccc5)C(=O)C42)C3C=Cc2cc(OC)c(O)c(OC)c2)cc1. The summed E-state index contributed by atoms with van der Waals surface area (Å²) in [5, 5.41) is 12.3. The first-order valence-corrected chi connectivity index (χ1v) is 18.8. The molecule has 2 heterocycles. The van der Waals surface area contributed by atoms with Gasteiger partial charge < -0.3 is 19.3 Å². The van der Waals surface area contributed by atoms with Crippen molar-refractivity contribution in [2.75, 3.05) is 31.7 Å². The number of phenols is 1. The lowest BCUT2D eigenvalue weighted by Gasteiger charge is -2.49. The number of halogens is 2. The zero-order valence-corrected chi connectivity index (χ0v) is 32.1. The molecular weight excluding hydrogens is 757 g/mol. The molecular formula is C43H37Cl2N3O8. The highest BCUT2D eigenvalue weighted by atomic mass is 35.5. The van der Waals surface area contributed by atoms with Crippen molar-refractivity contribution in [3.8, 4) is 23.0 Å². The Morgan fingerprint density at radius 3 is 2.16 bits per heavy atom. The molecule has 8 rings (SSSR count). The maximum Gasteiger partial charge on any atom is 0.260 e. The van der Waals surface area contributed by atoms with Crippen molar-refractivity contribution in [2.24, 2.45) is 29.6 Å². The molecule has 4 aromatic carbocycles. The van der Waals surface area contributed by atoms with Crippen LogP contribution < -0.4 is 24.5 Å². The van der Waals surface area contributed by atoms with Gasteiger partial charge in [0, 0.05) is 10.9 Å². The molecule has 4 aromatic rings. The summed E-state index contributed by atoms with van der Waals surface area (Å²) in [5.74, 6) is -4.71. The third-order valence-electron chi connectivity index (χ3n) is 11.6. The molecule has 2 saturated heterocycles. The van der Waals surface area contributed by atoms with E-state index in [9.17, 15) is 19.5 Å². The van der Waals surface area contributed by atoms with E-state index in [1.165, 1.54) is 25.2 Å². The number of nitrogens with one attached hydrogen (secondary N) is 1. The number of aromatic hydroxyl groups is 1. The van der Waals surface area contributed by atoms with Crippen LogP contribution in [0.15, 0.2) is 103 Å². The average molecular weight is 795 g/mol. The van der Waals surface area contributed by atoms with Gasteiger partial charge in [-0.2, -0.15) is 5.01 Å². The van der Waals surface area contributed by atoms with E-state index in [0.29, 0.717) is 33.3 Å². The van der Waals surface area contributed by atoms with Crippen molar-refractivity contribution in [2.45, 2.75) is 18.3 Å². The molecule has 2 aliphatic heterocycles. The van der Waals surface area contributed by atoms with Crippen LogP contribution in [0.4, 0.5) is 11.4 Å². The summed E-state index contributed by atoms with van der Waals surface area (Å²) in [6.45, 7) is 0. The van der Waals surface area contributed by atoms with Crippen molar-refractivity contribution < 1.29 is 38.5 Å². The standard InChI is InChI=1S/C43H37Cl2N3O8/c1-54-27-13-10-24(11-14-27)43-31(17-9-23-19-35(55-2)38(49)36(20-23)56-3)28-15-16-29-37(41(52)47(39(29)50)26-7-5-4-6-8-26)30(28)22-32(43)40(51)48(42(43)53)46-34-18-12-25(44)21-33(34)45/h4-15,17-21,29-32,37,46,49H,16,22H2,1-3H3. The molecule has 11 nitrogen and oxygen atoms in total. The Bertz CT molecular complexity index is 2310. The van der Waals surface area contributed by atoms with Gasteiger partial charge >= 0.3 is 0 Å². The highest BCUT2D eigenvalue weighted by Gasteiger charge is 2.69. The second-order valence-electron chi connectivity index (χ2n) is 14.2. The van der Waals surface area contributed by atoms with E-state index in [1.54, 1.807) is 86.0 Å². The molecule has 3 fully saturated rings.